The molecule has 1 fully saturated rings. The van der Waals surface area contributed by atoms with Crippen molar-refractivity contribution in [3.63, 3.8) is 0 Å². The lowest BCUT2D eigenvalue weighted by atomic mass is 10.1. The number of hydrogen-bond acceptors (Lipinski definition) is 6. The number of piperazine rings is 1. The summed E-state index contributed by atoms with van der Waals surface area (Å²) in [6, 6.07) is 5.82. The van der Waals surface area contributed by atoms with E-state index in [-0.39, 0.29) is 23.6 Å². The van der Waals surface area contributed by atoms with E-state index >= 15 is 0 Å². The molecule has 1 amide bonds. The average molecular weight is 489 g/mol. The summed E-state index contributed by atoms with van der Waals surface area (Å²) in [5.41, 5.74) is 0.973. The molecule has 0 saturated carbocycles. The monoisotopic (exact) mass is 488 g/mol. The number of benzene rings is 1. The first-order valence-electron chi connectivity index (χ1n) is 10.8. The van der Waals surface area contributed by atoms with Crippen molar-refractivity contribution in [1.82, 2.24) is 25.1 Å². The zero-order valence-electron chi connectivity index (χ0n) is 19.6. The van der Waals surface area contributed by atoms with Crippen LogP contribution in [0.15, 0.2) is 55.4 Å². The van der Waals surface area contributed by atoms with Crippen LogP contribution in [0.3, 0.4) is 0 Å². The fraction of sp³-hybridized carbons (Fsp3) is 0.333. The Labute approximate surface area is 201 Å². The summed E-state index contributed by atoms with van der Waals surface area (Å²) >= 11 is 0. The first-order valence-corrected chi connectivity index (χ1v) is 10.8. The molecule has 1 saturated heterocycles. The molecule has 35 heavy (non-hydrogen) atoms. The van der Waals surface area contributed by atoms with E-state index in [1.165, 1.54) is 19.5 Å². The number of aromatic amines is 1. The van der Waals surface area contributed by atoms with Crippen LogP contribution in [0.2, 0.25) is 0 Å². The molecule has 2 aromatic heterocycles. The molecule has 0 unspecified atom stereocenters. The van der Waals surface area contributed by atoms with Crippen LogP contribution in [0.1, 0.15) is 18.4 Å². The number of ether oxygens (including phenoxy) is 1. The number of H-pyrrole nitrogens is 1. The van der Waals surface area contributed by atoms with E-state index in [1.807, 2.05) is 17.9 Å². The third-order valence-corrected chi connectivity index (χ3v) is 5.41. The summed E-state index contributed by atoms with van der Waals surface area (Å²) in [6.45, 7) is 11.0. The highest BCUT2D eigenvalue weighted by atomic mass is 19.4. The van der Waals surface area contributed by atoms with Gasteiger partial charge in [0.25, 0.3) is 0 Å². The van der Waals surface area contributed by atoms with E-state index in [0.29, 0.717) is 37.4 Å². The van der Waals surface area contributed by atoms with Gasteiger partial charge in [-0.15, -0.1) is 0 Å². The number of hydrogen-bond donors (Lipinski definition) is 1. The number of nitrogens with zero attached hydrogens (tertiary/aromatic N) is 5. The van der Waals surface area contributed by atoms with Crippen LogP contribution in [0.4, 0.5) is 18.9 Å². The number of anilines is 1. The molecule has 186 valence electrons. The first-order chi connectivity index (χ1) is 16.6. The van der Waals surface area contributed by atoms with Crippen molar-refractivity contribution < 1.29 is 22.7 Å². The standard InChI is InChI=1S/C19H19F3N6O2.C5H8/c1-30-14-4-3-13(12-2-5-15(19(20,21)22)25-18(12)14)27-6-8-28(9-7-27)17(29)10-16-23-11-24-26-16;1-4-5(2)3/h2-5,11H,6-10H2,1H3,(H,23,24,26);4H,1-2H2,3H3. The fourth-order valence-electron chi connectivity index (χ4n) is 3.54. The number of fused-ring (bicyclic) bond motifs is 1. The number of allylic oxidation sites excluding steroid dienone is 2. The van der Waals surface area contributed by atoms with Crippen LogP contribution in [0.5, 0.6) is 5.75 Å². The van der Waals surface area contributed by atoms with E-state index in [2.05, 4.69) is 33.3 Å². The lowest BCUT2D eigenvalue weighted by Gasteiger charge is -2.36. The maximum atomic E-state index is 13.1. The molecule has 4 rings (SSSR count). The second-order valence-corrected chi connectivity index (χ2v) is 7.90. The van der Waals surface area contributed by atoms with Crippen LogP contribution in [-0.4, -0.2) is 64.3 Å². The van der Waals surface area contributed by atoms with Crippen molar-refractivity contribution in [2.45, 2.75) is 19.5 Å². The molecule has 1 aliphatic heterocycles. The molecular weight excluding hydrogens is 461 g/mol. The minimum Gasteiger partial charge on any atom is -0.494 e. The van der Waals surface area contributed by atoms with Gasteiger partial charge in [0.2, 0.25) is 5.91 Å². The molecule has 1 aliphatic rings. The number of halogens is 3. The van der Waals surface area contributed by atoms with E-state index < -0.39 is 11.9 Å². The van der Waals surface area contributed by atoms with Gasteiger partial charge in [-0.1, -0.05) is 24.8 Å². The summed E-state index contributed by atoms with van der Waals surface area (Å²) in [6.07, 6.45) is -1.31. The van der Waals surface area contributed by atoms with Gasteiger partial charge in [-0.2, -0.15) is 18.3 Å². The third kappa shape index (κ3) is 6.37. The maximum Gasteiger partial charge on any atom is 0.433 e. The molecule has 1 aromatic carbocycles. The first kappa shape index (κ1) is 25.7. The van der Waals surface area contributed by atoms with E-state index in [4.69, 9.17) is 4.74 Å². The van der Waals surface area contributed by atoms with Gasteiger partial charge in [0.05, 0.1) is 13.5 Å². The number of carbonyl (C=O) groups excluding carboxylic acids is 1. The van der Waals surface area contributed by atoms with Crippen molar-refractivity contribution in [1.29, 1.82) is 0 Å². The van der Waals surface area contributed by atoms with Crippen molar-refractivity contribution in [2.75, 3.05) is 38.2 Å². The second-order valence-electron chi connectivity index (χ2n) is 7.90. The average Bonchev–Trinajstić information content (AvgIpc) is 3.36. The van der Waals surface area contributed by atoms with E-state index in [0.717, 1.165) is 17.3 Å². The van der Waals surface area contributed by atoms with Crippen LogP contribution >= 0.6 is 0 Å². The molecule has 0 aliphatic carbocycles. The lowest BCUT2D eigenvalue weighted by Crippen LogP contribution is -2.49. The van der Waals surface area contributed by atoms with Crippen LogP contribution < -0.4 is 9.64 Å². The predicted molar refractivity (Wildman–Crippen MR) is 127 cm³/mol. The van der Waals surface area contributed by atoms with E-state index in [1.54, 1.807) is 17.0 Å². The summed E-state index contributed by atoms with van der Waals surface area (Å²) < 4.78 is 44.5. The fourth-order valence-corrected chi connectivity index (χ4v) is 3.54. The highest BCUT2D eigenvalue weighted by Gasteiger charge is 2.33. The molecule has 11 heteroatoms. The predicted octanol–water partition coefficient (Wildman–Crippen LogP) is 4.02. The van der Waals surface area contributed by atoms with Gasteiger partial charge >= 0.3 is 6.18 Å². The number of amides is 1. The number of methoxy groups -OCH3 is 1. The Morgan fingerprint density at radius 1 is 1.20 bits per heavy atom. The smallest absolute Gasteiger partial charge is 0.433 e. The number of alkyl halides is 3. The molecule has 3 heterocycles. The molecule has 0 atom stereocenters. The zero-order chi connectivity index (χ0) is 25.6. The number of aromatic nitrogens is 4. The Morgan fingerprint density at radius 2 is 1.89 bits per heavy atom. The van der Waals surface area contributed by atoms with Gasteiger partial charge in [-0.25, -0.2) is 9.97 Å². The van der Waals surface area contributed by atoms with Gasteiger partial charge in [0, 0.05) is 37.3 Å². The minimum atomic E-state index is -4.54. The highest BCUT2D eigenvalue weighted by Crippen LogP contribution is 2.36. The summed E-state index contributed by atoms with van der Waals surface area (Å²) in [7, 11) is 1.40. The molecule has 0 bridgehead atoms. The quantitative estimate of drug-likeness (QED) is 0.546. The SMILES string of the molecule is C=CC(=C)C.COc1ccc(N2CCN(C(=O)Cc3ncn[nH]3)CC2)c2ccc(C(F)(F)F)nc12. The normalized spacial score (nSPS) is 13.7. The number of carbonyl (C=O) groups is 1. The molecule has 3 aromatic rings. The van der Waals surface area contributed by atoms with Gasteiger partial charge in [0.1, 0.15) is 29.1 Å². The molecule has 0 spiro atoms. The largest absolute Gasteiger partial charge is 0.494 e. The Kier molecular flexibility index (Phi) is 8.10. The topological polar surface area (TPSA) is 87.2 Å². The summed E-state index contributed by atoms with van der Waals surface area (Å²) in [5.74, 6) is 0.735. The van der Waals surface area contributed by atoms with Crippen LogP contribution in [0.25, 0.3) is 10.9 Å². The van der Waals surface area contributed by atoms with Gasteiger partial charge in [0.15, 0.2) is 0 Å². The van der Waals surface area contributed by atoms with Gasteiger partial charge < -0.3 is 14.5 Å². The minimum absolute atomic E-state index is 0.0533. The van der Waals surface area contributed by atoms with Crippen molar-refractivity contribution in [3.05, 3.63) is 66.9 Å². The van der Waals surface area contributed by atoms with E-state index in [9.17, 15) is 18.0 Å². The van der Waals surface area contributed by atoms with Crippen molar-refractivity contribution in [2.24, 2.45) is 0 Å². The summed E-state index contributed by atoms with van der Waals surface area (Å²) in [5, 5.41) is 6.98. The zero-order valence-corrected chi connectivity index (χ0v) is 19.6. The van der Waals surface area contributed by atoms with Crippen molar-refractivity contribution >= 4 is 22.5 Å². The molecule has 0 radical (unpaired) electrons. The Morgan fingerprint density at radius 3 is 2.43 bits per heavy atom. The van der Waals surface area contributed by atoms with Gasteiger partial charge in [-0.05, 0) is 31.2 Å². The third-order valence-electron chi connectivity index (χ3n) is 5.41. The Hall–Kier alpha value is -3.89. The Balaban J connectivity index is 0.000000623. The van der Waals surface area contributed by atoms with Crippen LogP contribution in [0, 0.1) is 0 Å². The number of pyridine rings is 1. The lowest BCUT2D eigenvalue weighted by molar-refractivity contribution is -0.141. The van der Waals surface area contributed by atoms with Crippen molar-refractivity contribution in [3.8, 4) is 5.75 Å². The summed E-state index contributed by atoms with van der Waals surface area (Å²) in [4.78, 5) is 24.0. The van der Waals surface area contributed by atoms with Gasteiger partial charge in [-0.3, -0.25) is 9.89 Å². The highest BCUT2D eigenvalue weighted by molar-refractivity contribution is 5.96. The maximum absolute atomic E-state index is 13.1. The van der Waals surface area contributed by atoms with Crippen LogP contribution in [-0.2, 0) is 17.4 Å². The molecular formula is C24H27F3N6O2. The molecule has 1 N–H and O–H groups in total. The number of rotatable bonds is 5. The second kappa shape index (κ2) is 11.0. The Bertz CT molecular complexity index is 1190. The molecule has 8 nitrogen and oxygen atoms in total. The number of nitrogens with one attached hydrogen (secondary N) is 1.